The molecule has 3 aromatic rings. The third kappa shape index (κ3) is 4.80. The molecule has 156 valence electrons. The van der Waals surface area contributed by atoms with Gasteiger partial charge in [0.1, 0.15) is 5.82 Å². The fraction of sp³-hybridized carbons (Fsp3) is 0.348. The predicted octanol–water partition coefficient (Wildman–Crippen LogP) is 2.95. The van der Waals surface area contributed by atoms with E-state index in [1.807, 2.05) is 41.1 Å². The first-order valence-corrected chi connectivity index (χ1v) is 10.4. The van der Waals surface area contributed by atoms with Crippen LogP contribution in [0.5, 0.6) is 0 Å². The number of tetrazole rings is 1. The molecule has 6 nitrogen and oxygen atoms in total. The van der Waals surface area contributed by atoms with Crippen LogP contribution in [0.3, 0.4) is 0 Å². The van der Waals surface area contributed by atoms with Crippen molar-refractivity contribution in [1.82, 2.24) is 30.0 Å². The van der Waals surface area contributed by atoms with E-state index in [0.717, 1.165) is 50.5 Å². The van der Waals surface area contributed by atoms with E-state index < -0.39 is 0 Å². The molecular formula is C23H27FN6. The minimum absolute atomic E-state index is 0.109. The smallest absolute Gasteiger partial charge is 0.173 e. The summed E-state index contributed by atoms with van der Waals surface area (Å²) >= 11 is 0. The van der Waals surface area contributed by atoms with Crippen LogP contribution in [0.2, 0.25) is 0 Å². The topological polar surface area (TPSA) is 50.1 Å². The number of rotatable bonds is 8. The molecule has 1 fully saturated rings. The van der Waals surface area contributed by atoms with Crippen LogP contribution in [0.15, 0.2) is 67.3 Å². The van der Waals surface area contributed by atoms with Crippen molar-refractivity contribution in [3.63, 3.8) is 0 Å². The van der Waals surface area contributed by atoms with Crippen LogP contribution in [0, 0.1) is 5.82 Å². The maximum absolute atomic E-state index is 13.6. The summed E-state index contributed by atoms with van der Waals surface area (Å²) in [6.07, 6.45) is 2.79. The average molecular weight is 407 g/mol. The number of aryl methyl sites for hydroxylation is 2. The summed E-state index contributed by atoms with van der Waals surface area (Å²) in [4.78, 5) is 4.77. The van der Waals surface area contributed by atoms with Gasteiger partial charge in [0, 0.05) is 39.3 Å². The molecule has 1 atom stereocenters. The number of hydrogen-bond donors (Lipinski definition) is 0. The van der Waals surface area contributed by atoms with Gasteiger partial charge < -0.3 is 0 Å². The van der Waals surface area contributed by atoms with Gasteiger partial charge in [0.05, 0.1) is 6.04 Å². The summed E-state index contributed by atoms with van der Waals surface area (Å²) in [5.41, 5.74) is 2.25. The van der Waals surface area contributed by atoms with Gasteiger partial charge in [0.25, 0.3) is 0 Å². The first-order valence-electron chi connectivity index (χ1n) is 10.4. The molecule has 2 heterocycles. The monoisotopic (exact) mass is 406 g/mol. The Kier molecular flexibility index (Phi) is 6.61. The third-order valence-corrected chi connectivity index (χ3v) is 5.60. The molecule has 0 aliphatic carbocycles. The van der Waals surface area contributed by atoms with Gasteiger partial charge in [-0.05, 0) is 40.1 Å². The van der Waals surface area contributed by atoms with Gasteiger partial charge in [0.2, 0.25) is 0 Å². The minimum Gasteiger partial charge on any atom is -0.297 e. The van der Waals surface area contributed by atoms with E-state index in [1.165, 1.54) is 17.7 Å². The molecule has 0 radical (unpaired) electrons. The number of aromatic nitrogens is 4. The summed E-state index contributed by atoms with van der Waals surface area (Å²) in [5.74, 6) is 0.562. The van der Waals surface area contributed by atoms with E-state index in [9.17, 15) is 4.39 Å². The molecule has 0 N–H and O–H groups in total. The lowest BCUT2D eigenvalue weighted by molar-refractivity contribution is 0.112. The molecule has 1 aromatic heterocycles. The highest BCUT2D eigenvalue weighted by atomic mass is 19.1. The number of benzene rings is 2. The van der Waals surface area contributed by atoms with Gasteiger partial charge in [-0.2, -0.15) is 0 Å². The highest BCUT2D eigenvalue weighted by Crippen LogP contribution is 2.28. The summed E-state index contributed by atoms with van der Waals surface area (Å²) in [6.45, 7) is 9.12. The Balaban J connectivity index is 1.58. The van der Waals surface area contributed by atoms with Gasteiger partial charge >= 0.3 is 0 Å². The van der Waals surface area contributed by atoms with Crippen LogP contribution in [0.4, 0.5) is 4.39 Å². The van der Waals surface area contributed by atoms with Crippen molar-refractivity contribution in [3.8, 4) is 0 Å². The second-order valence-electron chi connectivity index (χ2n) is 7.58. The fourth-order valence-corrected chi connectivity index (χ4v) is 4.00. The summed E-state index contributed by atoms with van der Waals surface area (Å²) < 4.78 is 15.5. The van der Waals surface area contributed by atoms with Crippen molar-refractivity contribution >= 4 is 0 Å². The molecule has 1 aliphatic heterocycles. The maximum Gasteiger partial charge on any atom is 0.173 e. The normalized spacial score (nSPS) is 16.4. The zero-order valence-electron chi connectivity index (χ0n) is 17.1. The lowest BCUT2D eigenvalue weighted by atomic mass is 10.0. The second-order valence-corrected chi connectivity index (χ2v) is 7.58. The standard InChI is InChI=1S/C23H27FN6/c1-2-13-28-15-17-29(18-16-28)22(20-8-10-21(24)11-9-20)23-25-26-27-30(23)14-12-19-6-4-3-5-7-19/h2-11,22H,1,12-18H2. The quantitative estimate of drug-likeness (QED) is 0.539. The minimum atomic E-state index is -0.239. The van der Waals surface area contributed by atoms with E-state index in [1.54, 1.807) is 0 Å². The summed E-state index contributed by atoms with van der Waals surface area (Å²) in [6, 6.07) is 16.9. The van der Waals surface area contributed by atoms with E-state index >= 15 is 0 Å². The Bertz CT molecular complexity index is 932. The molecule has 1 aliphatic rings. The van der Waals surface area contributed by atoms with Gasteiger partial charge in [-0.1, -0.05) is 48.5 Å². The van der Waals surface area contributed by atoms with Gasteiger partial charge in [0.15, 0.2) is 5.82 Å². The van der Waals surface area contributed by atoms with Gasteiger partial charge in [-0.3, -0.25) is 9.80 Å². The number of hydrogen-bond acceptors (Lipinski definition) is 5. The Morgan fingerprint density at radius 3 is 2.43 bits per heavy atom. The largest absolute Gasteiger partial charge is 0.297 e. The van der Waals surface area contributed by atoms with Gasteiger partial charge in [-0.25, -0.2) is 9.07 Å². The Morgan fingerprint density at radius 2 is 1.73 bits per heavy atom. The SMILES string of the molecule is C=CCN1CCN(C(c2ccc(F)cc2)c2nnnn2CCc2ccccc2)CC1. The van der Waals surface area contributed by atoms with Crippen LogP contribution >= 0.6 is 0 Å². The molecule has 0 spiro atoms. The first-order chi connectivity index (χ1) is 14.7. The summed E-state index contributed by atoms with van der Waals surface area (Å²) in [7, 11) is 0. The highest BCUT2D eigenvalue weighted by molar-refractivity contribution is 5.26. The van der Waals surface area contributed by atoms with E-state index in [0.29, 0.717) is 6.54 Å². The molecule has 1 saturated heterocycles. The van der Waals surface area contributed by atoms with Crippen molar-refractivity contribution < 1.29 is 4.39 Å². The Labute approximate surface area is 176 Å². The van der Waals surface area contributed by atoms with Crippen LogP contribution < -0.4 is 0 Å². The Morgan fingerprint density at radius 1 is 1.00 bits per heavy atom. The zero-order valence-corrected chi connectivity index (χ0v) is 17.1. The molecule has 0 saturated carbocycles. The highest BCUT2D eigenvalue weighted by Gasteiger charge is 2.30. The predicted molar refractivity (Wildman–Crippen MR) is 114 cm³/mol. The van der Waals surface area contributed by atoms with Gasteiger partial charge in [-0.15, -0.1) is 11.7 Å². The van der Waals surface area contributed by atoms with Crippen LogP contribution in [0.25, 0.3) is 0 Å². The first kappa shape index (κ1) is 20.4. The fourth-order valence-electron chi connectivity index (χ4n) is 4.00. The van der Waals surface area contributed by atoms with Crippen molar-refractivity contribution in [2.45, 2.75) is 19.0 Å². The Hall–Kier alpha value is -2.90. The molecule has 4 rings (SSSR count). The molecule has 7 heteroatoms. The lowest BCUT2D eigenvalue weighted by Gasteiger charge is -2.38. The number of nitrogens with zero attached hydrogens (tertiary/aromatic N) is 6. The number of piperazine rings is 1. The van der Waals surface area contributed by atoms with Crippen molar-refractivity contribution in [1.29, 1.82) is 0 Å². The van der Waals surface area contributed by atoms with Crippen LogP contribution in [-0.2, 0) is 13.0 Å². The van der Waals surface area contributed by atoms with Crippen molar-refractivity contribution in [2.24, 2.45) is 0 Å². The van der Waals surface area contributed by atoms with E-state index in [-0.39, 0.29) is 11.9 Å². The summed E-state index contributed by atoms with van der Waals surface area (Å²) in [5, 5.41) is 12.6. The molecular weight excluding hydrogens is 379 g/mol. The van der Waals surface area contributed by atoms with E-state index in [2.05, 4.69) is 44.0 Å². The maximum atomic E-state index is 13.6. The molecule has 1 unspecified atom stereocenters. The molecule has 0 amide bonds. The number of halogens is 1. The average Bonchev–Trinajstić information content (AvgIpc) is 3.24. The third-order valence-electron chi connectivity index (χ3n) is 5.60. The lowest BCUT2D eigenvalue weighted by Crippen LogP contribution is -2.48. The zero-order chi connectivity index (χ0) is 20.8. The molecule has 2 aromatic carbocycles. The van der Waals surface area contributed by atoms with E-state index in [4.69, 9.17) is 0 Å². The van der Waals surface area contributed by atoms with Crippen LogP contribution in [-0.4, -0.2) is 62.7 Å². The van der Waals surface area contributed by atoms with Crippen LogP contribution in [0.1, 0.15) is 23.0 Å². The molecule has 30 heavy (non-hydrogen) atoms. The van der Waals surface area contributed by atoms with Crippen molar-refractivity contribution in [2.75, 3.05) is 32.7 Å². The second kappa shape index (κ2) is 9.73. The molecule has 0 bridgehead atoms. The van der Waals surface area contributed by atoms with Crippen molar-refractivity contribution in [3.05, 3.63) is 90.0 Å².